The van der Waals surface area contributed by atoms with Crippen LogP contribution in [0.3, 0.4) is 0 Å². The largest absolute Gasteiger partial charge is 0.440 e. The highest BCUT2D eigenvalue weighted by Gasteiger charge is 2.21. The molecule has 1 fully saturated rings. The van der Waals surface area contributed by atoms with E-state index in [1.807, 2.05) is 32.0 Å². The van der Waals surface area contributed by atoms with Gasteiger partial charge in [-0.2, -0.15) is 11.8 Å². The molecule has 1 aliphatic rings. The normalized spacial score (nSPS) is 19.1. The first kappa shape index (κ1) is 14.4. The van der Waals surface area contributed by atoms with Crippen LogP contribution in [0.1, 0.15) is 25.7 Å². The predicted octanol–water partition coefficient (Wildman–Crippen LogP) is 2.59. The summed E-state index contributed by atoms with van der Waals surface area (Å²) >= 11 is 1.80. The van der Waals surface area contributed by atoms with Crippen LogP contribution >= 0.6 is 11.8 Å². The summed E-state index contributed by atoms with van der Waals surface area (Å²) in [7, 11) is 0. The van der Waals surface area contributed by atoms with E-state index < -0.39 is 0 Å². The number of hydrogen-bond donors (Lipinski definition) is 2. The molecule has 1 unspecified atom stereocenters. The molecule has 3 rings (SSSR count). The lowest BCUT2D eigenvalue weighted by Crippen LogP contribution is -2.46. The molecular formula is C15H19N3O2S. The molecule has 1 saturated heterocycles. The minimum atomic E-state index is -0.122. The number of carbonyl (C=O) groups excluding carboxylic acids is 1. The van der Waals surface area contributed by atoms with Gasteiger partial charge < -0.3 is 15.1 Å². The molecule has 21 heavy (non-hydrogen) atoms. The van der Waals surface area contributed by atoms with Crippen molar-refractivity contribution in [2.75, 3.05) is 23.4 Å². The number of carbonyl (C=O) groups is 1. The molecule has 0 radical (unpaired) electrons. The summed E-state index contributed by atoms with van der Waals surface area (Å²) in [5, 5.41) is 6.17. The van der Waals surface area contributed by atoms with Crippen LogP contribution in [0.5, 0.6) is 0 Å². The molecule has 1 aromatic heterocycles. The smallest absolute Gasteiger partial charge is 0.242 e. The highest BCUT2D eigenvalue weighted by atomic mass is 32.2. The van der Waals surface area contributed by atoms with E-state index in [4.69, 9.17) is 4.42 Å². The topological polar surface area (TPSA) is 67.2 Å². The Kier molecular flexibility index (Phi) is 4.17. The molecule has 0 saturated carbocycles. The molecule has 1 aliphatic heterocycles. The van der Waals surface area contributed by atoms with Gasteiger partial charge in [0.25, 0.3) is 0 Å². The molecule has 0 bridgehead atoms. The number of nitrogens with one attached hydrogen (secondary N) is 2. The maximum absolute atomic E-state index is 12.2. The minimum Gasteiger partial charge on any atom is -0.440 e. The average molecular weight is 305 g/mol. The fourth-order valence-corrected chi connectivity index (χ4v) is 3.17. The standard InChI is InChI=1S/C15H19N3O2S/c1-9(2)15-18-11-7-10(3-4-13(11)20-15)17-14(19)12-8-21-6-5-16-12/h3-4,7,9,12,16H,5-6,8H2,1-2H3,(H,17,19). The number of thioether (sulfide) groups is 1. The summed E-state index contributed by atoms with van der Waals surface area (Å²) in [6.07, 6.45) is 0. The molecule has 2 N–H and O–H groups in total. The van der Waals surface area contributed by atoms with E-state index >= 15 is 0 Å². The molecule has 0 aliphatic carbocycles. The molecular weight excluding hydrogens is 286 g/mol. The minimum absolute atomic E-state index is 0.00845. The summed E-state index contributed by atoms with van der Waals surface area (Å²) in [5.41, 5.74) is 2.29. The van der Waals surface area contributed by atoms with Gasteiger partial charge in [0.15, 0.2) is 11.5 Å². The zero-order chi connectivity index (χ0) is 14.8. The zero-order valence-corrected chi connectivity index (χ0v) is 13.0. The Balaban J connectivity index is 1.75. The van der Waals surface area contributed by atoms with E-state index in [9.17, 15) is 4.79 Å². The van der Waals surface area contributed by atoms with E-state index in [1.54, 1.807) is 11.8 Å². The van der Waals surface area contributed by atoms with Crippen LogP contribution in [-0.4, -0.2) is 35.0 Å². The van der Waals surface area contributed by atoms with Gasteiger partial charge >= 0.3 is 0 Å². The summed E-state index contributed by atoms with van der Waals surface area (Å²) in [6.45, 7) is 4.96. The molecule has 1 aromatic carbocycles. The molecule has 2 aromatic rings. The van der Waals surface area contributed by atoms with E-state index in [0.29, 0.717) is 0 Å². The quantitative estimate of drug-likeness (QED) is 0.912. The van der Waals surface area contributed by atoms with Gasteiger partial charge in [-0.05, 0) is 18.2 Å². The van der Waals surface area contributed by atoms with Crippen molar-refractivity contribution in [3.05, 3.63) is 24.1 Å². The van der Waals surface area contributed by atoms with Crippen LogP contribution in [0.15, 0.2) is 22.6 Å². The van der Waals surface area contributed by atoms with Crippen LogP contribution in [0, 0.1) is 0 Å². The molecule has 1 amide bonds. The first-order chi connectivity index (χ1) is 10.1. The third-order valence-electron chi connectivity index (χ3n) is 3.40. The molecule has 6 heteroatoms. The molecule has 112 valence electrons. The van der Waals surface area contributed by atoms with Gasteiger partial charge in [-0.3, -0.25) is 4.79 Å². The van der Waals surface area contributed by atoms with Crippen LogP contribution < -0.4 is 10.6 Å². The van der Waals surface area contributed by atoms with Crippen molar-refractivity contribution in [2.45, 2.75) is 25.8 Å². The summed E-state index contributed by atoms with van der Waals surface area (Å²) < 4.78 is 5.67. The number of amides is 1. The summed E-state index contributed by atoms with van der Waals surface area (Å²) in [6, 6.07) is 5.44. The lowest BCUT2D eigenvalue weighted by Gasteiger charge is -2.22. The lowest BCUT2D eigenvalue weighted by atomic mass is 10.2. The van der Waals surface area contributed by atoms with Gasteiger partial charge in [0, 0.05) is 29.7 Å². The summed E-state index contributed by atoms with van der Waals surface area (Å²) in [5.74, 6) is 2.86. The van der Waals surface area contributed by atoms with Gasteiger partial charge in [-0.15, -0.1) is 0 Å². The number of anilines is 1. The Morgan fingerprint density at radius 2 is 2.38 bits per heavy atom. The third-order valence-corrected chi connectivity index (χ3v) is 4.47. The van der Waals surface area contributed by atoms with Crippen molar-refractivity contribution in [2.24, 2.45) is 0 Å². The second kappa shape index (κ2) is 6.07. The van der Waals surface area contributed by atoms with Gasteiger partial charge in [0.1, 0.15) is 5.52 Å². The highest BCUT2D eigenvalue weighted by molar-refractivity contribution is 7.99. The Hall–Kier alpha value is -1.53. The van der Waals surface area contributed by atoms with Crippen molar-refractivity contribution < 1.29 is 9.21 Å². The number of aromatic nitrogens is 1. The van der Waals surface area contributed by atoms with E-state index in [0.717, 1.165) is 40.7 Å². The number of fused-ring (bicyclic) bond motifs is 1. The maximum atomic E-state index is 12.2. The van der Waals surface area contributed by atoms with Crippen LogP contribution in [0.4, 0.5) is 5.69 Å². The van der Waals surface area contributed by atoms with Gasteiger partial charge in [0.2, 0.25) is 5.91 Å². The van der Waals surface area contributed by atoms with E-state index in [1.165, 1.54) is 0 Å². The maximum Gasteiger partial charge on any atom is 0.242 e. The first-order valence-electron chi connectivity index (χ1n) is 7.16. The average Bonchev–Trinajstić information content (AvgIpc) is 2.91. The molecule has 5 nitrogen and oxygen atoms in total. The van der Waals surface area contributed by atoms with Gasteiger partial charge in [-0.25, -0.2) is 4.98 Å². The fourth-order valence-electron chi connectivity index (χ4n) is 2.23. The number of nitrogens with zero attached hydrogens (tertiary/aromatic N) is 1. The SMILES string of the molecule is CC(C)c1nc2cc(NC(=O)C3CSCCN3)ccc2o1. The summed E-state index contributed by atoms with van der Waals surface area (Å²) in [4.78, 5) is 16.6. The van der Waals surface area contributed by atoms with Crippen molar-refractivity contribution in [3.8, 4) is 0 Å². The Bertz CT molecular complexity index is 647. The Morgan fingerprint density at radius 3 is 3.10 bits per heavy atom. The van der Waals surface area contributed by atoms with Crippen molar-refractivity contribution >= 4 is 34.5 Å². The highest BCUT2D eigenvalue weighted by Crippen LogP contribution is 2.24. The number of oxazole rings is 1. The number of rotatable bonds is 3. The van der Waals surface area contributed by atoms with Crippen LogP contribution in [-0.2, 0) is 4.79 Å². The monoisotopic (exact) mass is 305 g/mol. The van der Waals surface area contributed by atoms with E-state index in [2.05, 4.69) is 15.6 Å². The second-order valence-corrected chi connectivity index (χ2v) is 6.61. The Morgan fingerprint density at radius 1 is 1.52 bits per heavy atom. The zero-order valence-electron chi connectivity index (χ0n) is 12.2. The fraction of sp³-hybridized carbons (Fsp3) is 0.467. The lowest BCUT2D eigenvalue weighted by molar-refractivity contribution is -0.117. The van der Waals surface area contributed by atoms with Gasteiger partial charge in [0.05, 0.1) is 6.04 Å². The van der Waals surface area contributed by atoms with Crippen LogP contribution in [0.2, 0.25) is 0 Å². The van der Waals surface area contributed by atoms with Crippen LogP contribution in [0.25, 0.3) is 11.1 Å². The second-order valence-electron chi connectivity index (χ2n) is 5.46. The predicted molar refractivity (Wildman–Crippen MR) is 85.8 cm³/mol. The number of hydrogen-bond acceptors (Lipinski definition) is 5. The molecule has 0 spiro atoms. The third kappa shape index (κ3) is 3.22. The van der Waals surface area contributed by atoms with Crippen molar-refractivity contribution in [3.63, 3.8) is 0 Å². The Labute approximate surface area is 127 Å². The first-order valence-corrected chi connectivity index (χ1v) is 8.31. The molecule has 1 atom stereocenters. The molecule has 2 heterocycles. The van der Waals surface area contributed by atoms with Gasteiger partial charge in [-0.1, -0.05) is 13.8 Å². The van der Waals surface area contributed by atoms with Crippen molar-refractivity contribution in [1.82, 2.24) is 10.3 Å². The van der Waals surface area contributed by atoms with Crippen molar-refractivity contribution in [1.29, 1.82) is 0 Å². The van der Waals surface area contributed by atoms with E-state index in [-0.39, 0.29) is 17.9 Å². The number of benzene rings is 1.